The number of aryl methyl sites for hydroxylation is 2. The zero-order valence-electron chi connectivity index (χ0n) is 23.2. The van der Waals surface area contributed by atoms with E-state index in [0.29, 0.717) is 53.9 Å². The van der Waals surface area contributed by atoms with Crippen LogP contribution in [0.4, 0.5) is 11.6 Å². The lowest BCUT2D eigenvalue weighted by Gasteiger charge is -2.40. The lowest BCUT2D eigenvalue weighted by molar-refractivity contribution is -0.126. The Bertz CT molecular complexity index is 1550. The van der Waals surface area contributed by atoms with E-state index in [1.165, 1.54) is 6.08 Å². The van der Waals surface area contributed by atoms with E-state index in [4.69, 9.17) is 16.6 Å². The Morgan fingerprint density at radius 2 is 1.88 bits per heavy atom. The fourth-order valence-corrected chi connectivity index (χ4v) is 6.24. The van der Waals surface area contributed by atoms with Gasteiger partial charge in [0, 0.05) is 32.2 Å². The summed E-state index contributed by atoms with van der Waals surface area (Å²) in [7, 11) is 0. The maximum Gasteiger partial charge on any atom is 0.355 e. The van der Waals surface area contributed by atoms with Gasteiger partial charge in [0.05, 0.1) is 22.2 Å². The summed E-state index contributed by atoms with van der Waals surface area (Å²) in [6.45, 7) is 11.9. The van der Waals surface area contributed by atoms with E-state index in [-0.39, 0.29) is 18.0 Å². The van der Waals surface area contributed by atoms with E-state index >= 15 is 0 Å². The third-order valence-corrected chi connectivity index (χ3v) is 8.31. The molecule has 9 nitrogen and oxygen atoms in total. The highest BCUT2D eigenvalue weighted by molar-refractivity contribution is 6.33. The van der Waals surface area contributed by atoms with E-state index < -0.39 is 5.69 Å². The average molecular weight is 560 g/mol. The summed E-state index contributed by atoms with van der Waals surface area (Å²) in [5.74, 6) is 0.890. The average Bonchev–Trinajstić information content (AvgIpc) is 3.44. The quantitative estimate of drug-likeness (QED) is 0.416. The van der Waals surface area contributed by atoms with Gasteiger partial charge in [0.1, 0.15) is 11.9 Å². The first-order chi connectivity index (χ1) is 19.3. The van der Waals surface area contributed by atoms with Crippen LogP contribution in [-0.4, -0.2) is 63.6 Å². The summed E-state index contributed by atoms with van der Waals surface area (Å²) in [6.07, 6.45) is 4.40. The molecule has 2 atom stereocenters. The molecule has 1 aromatic carbocycles. The summed E-state index contributed by atoms with van der Waals surface area (Å²) in [5.41, 5.74) is 2.89. The fraction of sp³-hybridized carbons (Fsp3) is 0.433. The van der Waals surface area contributed by atoms with Crippen LogP contribution in [-0.2, 0) is 17.6 Å². The molecule has 2 aliphatic heterocycles. The number of aromatic nitrogens is 3. The minimum absolute atomic E-state index is 0.0993. The predicted molar refractivity (Wildman–Crippen MR) is 158 cm³/mol. The van der Waals surface area contributed by atoms with Crippen LogP contribution in [0.5, 0.6) is 0 Å². The fourth-order valence-electron chi connectivity index (χ4n) is 5.98. The van der Waals surface area contributed by atoms with Crippen molar-refractivity contribution in [1.82, 2.24) is 19.4 Å². The van der Waals surface area contributed by atoms with Gasteiger partial charge in [-0.3, -0.25) is 4.79 Å². The maximum atomic E-state index is 14.0. The molecular formula is C30H34ClN7O2. The van der Waals surface area contributed by atoms with Crippen molar-refractivity contribution in [2.24, 2.45) is 0 Å². The summed E-state index contributed by atoms with van der Waals surface area (Å²) < 4.78 is 1.62. The Morgan fingerprint density at radius 1 is 1.15 bits per heavy atom. The lowest BCUT2D eigenvalue weighted by atomic mass is 10.0. The topological polar surface area (TPSA) is 98.4 Å². The monoisotopic (exact) mass is 559 g/mol. The summed E-state index contributed by atoms with van der Waals surface area (Å²) in [4.78, 5) is 41.7. The molecule has 2 fully saturated rings. The number of benzene rings is 1. The molecule has 208 valence electrons. The zero-order valence-corrected chi connectivity index (χ0v) is 24.0. The first-order valence-corrected chi connectivity index (χ1v) is 14.3. The molecule has 0 bridgehead atoms. The molecule has 2 aliphatic rings. The van der Waals surface area contributed by atoms with Crippen molar-refractivity contribution in [3.05, 3.63) is 63.6 Å². The third kappa shape index (κ3) is 4.71. The second kappa shape index (κ2) is 11.3. The number of hydrogen-bond donors (Lipinski definition) is 0. The number of para-hydroxylation sites is 1. The number of amides is 1. The molecule has 0 spiro atoms. The van der Waals surface area contributed by atoms with Crippen molar-refractivity contribution >= 4 is 40.2 Å². The van der Waals surface area contributed by atoms with Gasteiger partial charge in [0.25, 0.3) is 0 Å². The van der Waals surface area contributed by atoms with Gasteiger partial charge >= 0.3 is 5.69 Å². The summed E-state index contributed by atoms with van der Waals surface area (Å²) >= 11 is 6.88. The molecule has 0 aliphatic carbocycles. The third-order valence-electron chi connectivity index (χ3n) is 8.03. The molecular weight excluding hydrogens is 526 g/mol. The number of nitrogens with zero attached hydrogens (tertiary/aromatic N) is 7. The maximum absolute atomic E-state index is 14.0. The minimum atomic E-state index is -0.422. The van der Waals surface area contributed by atoms with Crippen LogP contribution in [0.3, 0.4) is 0 Å². The van der Waals surface area contributed by atoms with Crippen molar-refractivity contribution in [3.63, 3.8) is 0 Å². The number of carbonyl (C=O) groups excluding carboxylic acids is 1. The highest BCUT2D eigenvalue weighted by Crippen LogP contribution is 2.36. The van der Waals surface area contributed by atoms with Gasteiger partial charge in [0.2, 0.25) is 5.91 Å². The second-order valence-electron chi connectivity index (χ2n) is 10.4. The van der Waals surface area contributed by atoms with E-state index in [1.807, 2.05) is 36.1 Å². The van der Waals surface area contributed by atoms with E-state index in [9.17, 15) is 14.9 Å². The molecule has 0 unspecified atom stereocenters. The number of rotatable bonds is 6. The Morgan fingerprint density at radius 3 is 2.50 bits per heavy atom. The molecule has 4 heterocycles. The highest BCUT2D eigenvalue weighted by atomic mass is 35.5. The number of nitriles is 1. The molecule has 2 saturated heterocycles. The van der Waals surface area contributed by atoms with Gasteiger partial charge in [-0.05, 0) is 55.9 Å². The Hall–Kier alpha value is -3.90. The SMILES string of the molecule is C=CC(=O)N1CCN(c2nc(=O)n(-c3c(CC)cccc3CC)c3nc(N4CCC[C@@H]4C#N)c(Cl)cc23)[C@@H](C)C1. The van der Waals surface area contributed by atoms with E-state index in [2.05, 4.69) is 36.4 Å². The molecule has 3 aromatic rings. The molecule has 10 heteroatoms. The van der Waals surface area contributed by atoms with Crippen LogP contribution in [0.2, 0.25) is 5.02 Å². The number of hydrogen-bond acceptors (Lipinski definition) is 7. The molecule has 1 amide bonds. The standard InChI is InChI=1S/C30H34ClN7O2/c1-5-20-10-8-11-21(6-2)26(20)38-28-23(16-24(31)29(33-28)37-13-9-12-22(37)17-32)27(34-30(38)40)36-15-14-35(18-19(36)4)25(39)7-3/h7-8,10-11,16,19,22H,3,5-6,9,12-15,18H2,1-2,4H3/t19-,22+/m0/s1. The number of carbonyl (C=O) groups is 1. The van der Waals surface area contributed by atoms with Crippen molar-refractivity contribution in [2.75, 3.05) is 36.0 Å². The first-order valence-electron chi connectivity index (χ1n) is 13.9. The van der Waals surface area contributed by atoms with Crippen LogP contribution < -0.4 is 15.5 Å². The molecule has 40 heavy (non-hydrogen) atoms. The Labute approximate surface area is 239 Å². The number of halogens is 1. The largest absolute Gasteiger partial charge is 0.355 e. The lowest BCUT2D eigenvalue weighted by Crippen LogP contribution is -2.54. The van der Waals surface area contributed by atoms with Gasteiger partial charge in [0.15, 0.2) is 11.5 Å². The minimum Gasteiger partial charge on any atom is -0.350 e. The molecule has 0 N–H and O–H groups in total. The molecule has 5 rings (SSSR count). The van der Waals surface area contributed by atoms with Gasteiger partial charge in [-0.25, -0.2) is 14.3 Å². The first kappa shape index (κ1) is 27.7. The molecule has 0 saturated carbocycles. The smallest absolute Gasteiger partial charge is 0.350 e. The highest BCUT2D eigenvalue weighted by Gasteiger charge is 2.32. The van der Waals surface area contributed by atoms with Crippen molar-refractivity contribution < 1.29 is 4.79 Å². The van der Waals surface area contributed by atoms with Crippen LogP contribution in [0.15, 0.2) is 41.7 Å². The number of anilines is 2. The van der Waals surface area contributed by atoms with Crippen molar-refractivity contribution in [2.45, 2.75) is 58.5 Å². The zero-order chi connectivity index (χ0) is 28.6. The van der Waals surface area contributed by atoms with Crippen molar-refractivity contribution in [1.29, 1.82) is 5.26 Å². The number of pyridine rings is 1. The number of piperazine rings is 1. The van der Waals surface area contributed by atoms with Crippen LogP contribution in [0.25, 0.3) is 16.7 Å². The Kier molecular flexibility index (Phi) is 7.81. The molecule has 0 radical (unpaired) electrons. The summed E-state index contributed by atoms with van der Waals surface area (Å²) in [6, 6.07) is 9.85. The van der Waals surface area contributed by atoms with Crippen molar-refractivity contribution in [3.8, 4) is 11.8 Å². The molecule has 2 aromatic heterocycles. The normalized spacial score (nSPS) is 19.2. The Balaban J connectivity index is 1.77. The van der Waals surface area contributed by atoms with Crippen LogP contribution in [0, 0.1) is 11.3 Å². The van der Waals surface area contributed by atoms with E-state index in [0.717, 1.165) is 42.5 Å². The van der Waals surface area contributed by atoms with Gasteiger partial charge in [-0.2, -0.15) is 10.2 Å². The van der Waals surface area contributed by atoms with Gasteiger partial charge < -0.3 is 14.7 Å². The van der Waals surface area contributed by atoms with Crippen LogP contribution in [0.1, 0.15) is 44.7 Å². The van der Waals surface area contributed by atoms with E-state index in [1.54, 1.807) is 9.47 Å². The predicted octanol–water partition coefficient (Wildman–Crippen LogP) is 4.27. The number of fused-ring (bicyclic) bond motifs is 1. The summed E-state index contributed by atoms with van der Waals surface area (Å²) in [5, 5.41) is 10.8. The van der Waals surface area contributed by atoms with Gasteiger partial charge in [-0.1, -0.05) is 50.2 Å². The van der Waals surface area contributed by atoms with Crippen LogP contribution >= 0.6 is 11.6 Å². The second-order valence-corrected chi connectivity index (χ2v) is 10.8. The van der Waals surface area contributed by atoms with Gasteiger partial charge in [-0.15, -0.1) is 0 Å².